The zero-order valence-corrected chi connectivity index (χ0v) is 8.86. The van der Waals surface area contributed by atoms with Crippen molar-refractivity contribution in [1.82, 2.24) is 10.6 Å². The smallest absolute Gasteiger partial charge is 0.326 e. The third-order valence-electron chi connectivity index (χ3n) is 2.11. The summed E-state index contributed by atoms with van der Waals surface area (Å²) < 4.78 is 4.33. The van der Waals surface area contributed by atoms with Gasteiger partial charge in [-0.1, -0.05) is 0 Å². The summed E-state index contributed by atoms with van der Waals surface area (Å²) in [7, 11) is 1.16. The summed E-state index contributed by atoms with van der Waals surface area (Å²) in [4.78, 5) is 32.9. The fourth-order valence-electron chi connectivity index (χ4n) is 1.06. The monoisotopic (exact) mass is 230 g/mol. The number of aliphatic carboxylic acids is 1. The van der Waals surface area contributed by atoms with Crippen LogP contribution in [0, 0.1) is 0 Å². The number of ether oxygens (including phenoxy) is 1. The molecule has 0 aromatic carbocycles. The molecule has 0 aromatic heterocycles. The van der Waals surface area contributed by atoms with E-state index in [-0.39, 0.29) is 12.5 Å². The van der Waals surface area contributed by atoms with Crippen LogP contribution in [-0.2, 0) is 14.3 Å². The van der Waals surface area contributed by atoms with Gasteiger partial charge < -0.3 is 20.5 Å². The van der Waals surface area contributed by atoms with Crippen molar-refractivity contribution in [2.45, 2.75) is 31.3 Å². The van der Waals surface area contributed by atoms with Gasteiger partial charge >= 0.3 is 18.0 Å². The fourth-order valence-corrected chi connectivity index (χ4v) is 1.06. The van der Waals surface area contributed by atoms with E-state index in [0.29, 0.717) is 0 Å². The highest BCUT2D eigenvalue weighted by Crippen LogP contribution is 2.18. The Morgan fingerprint density at radius 3 is 2.50 bits per heavy atom. The van der Waals surface area contributed by atoms with Gasteiger partial charge in [-0.25, -0.2) is 9.59 Å². The van der Waals surface area contributed by atoms with Gasteiger partial charge in [0.05, 0.1) is 13.5 Å². The molecular weight excluding hydrogens is 216 g/mol. The van der Waals surface area contributed by atoms with Gasteiger partial charge in [0.15, 0.2) is 0 Å². The number of amides is 2. The van der Waals surface area contributed by atoms with Crippen LogP contribution in [0.4, 0.5) is 4.79 Å². The van der Waals surface area contributed by atoms with Crippen molar-refractivity contribution in [3.05, 3.63) is 0 Å². The number of carboxylic acid groups (broad SMARTS) is 1. The summed E-state index contributed by atoms with van der Waals surface area (Å²) in [6.45, 7) is 0. The summed E-state index contributed by atoms with van der Waals surface area (Å²) >= 11 is 0. The minimum atomic E-state index is -1.27. The predicted octanol–water partition coefficient (Wildman–Crippen LogP) is -0.536. The summed E-state index contributed by atoms with van der Waals surface area (Å²) in [5, 5.41) is 13.5. The Balaban J connectivity index is 2.39. The van der Waals surface area contributed by atoms with E-state index in [2.05, 4.69) is 15.4 Å². The molecule has 1 saturated carbocycles. The highest BCUT2D eigenvalue weighted by Gasteiger charge is 2.27. The molecule has 16 heavy (non-hydrogen) atoms. The van der Waals surface area contributed by atoms with Gasteiger partial charge in [-0.2, -0.15) is 0 Å². The molecule has 0 radical (unpaired) electrons. The first-order valence-electron chi connectivity index (χ1n) is 4.89. The van der Waals surface area contributed by atoms with Gasteiger partial charge in [0.2, 0.25) is 0 Å². The Bertz CT molecular complexity index is 300. The maximum absolute atomic E-state index is 11.2. The number of carbonyl (C=O) groups is 3. The SMILES string of the molecule is COC(=O)C[C@H](NC(=O)NC1CC1)C(=O)O. The van der Waals surface area contributed by atoms with Crippen LogP contribution in [0.1, 0.15) is 19.3 Å². The van der Waals surface area contributed by atoms with Gasteiger partial charge in [0, 0.05) is 6.04 Å². The Morgan fingerprint density at radius 2 is 2.06 bits per heavy atom. The number of nitrogens with one attached hydrogen (secondary N) is 2. The number of hydrogen-bond donors (Lipinski definition) is 3. The lowest BCUT2D eigenvalue weighted by atomic mass is 10.2. The summed E-state index contributed by atoms with van der Waals surface area (Å²) in [6.07, 6.45) is 1.42. The lowest BCUT2D eigenvalue weighted by Gasteiger charge is -2.13. The zero-order chi connectivity index (χ0) is 12.1. The van der Waals surface area contributed by atoms with Crippen LogP contribution in [0.5, 0.6) is 0 Å². The Hall–Kier alpha value is -1.79. The first-order valence-corrected chi connectivity index (χ1v) is 4.89. The maximum atomic E-state index is 11.2. The molecule has 0 aromatic rings. The predicted molar refractivity (Wildman–Crippen MR) is 52.7 cm³/mol. The molecule has 7 heteroatoms. The van der Waals surface area contributed by atoms with Gasteiger partial charge in [0.25, 0.3) is 0 Å². The summed E-state index contributed by atoms with van der Waals surface area (Å²) in [5.74, 6) is -1.95. The van der Waals surface area contributed by atoms with E-state index in [0.717, 1.165) is 20.0 Å². The molecule has 0 bridgehead atoms. The number of urea groups is 1. The highest BCUT2D eigenvalue weighted by molar-refractivity contribution is 5.86. The molecule has 1 aliphatic rings. The number of methoxy groups -OCH3 is 1. The molecule has 0 spiro atoms. The van der Waals surface area contributed by atoms with Crippen molar-refractivity contribution in [1.29, 1.82) is 0 Å². The van der Waals surface area contributed by atoms with E-state index < -0.39 is 24.0 Å². The van der Waals surface area contributed by atoms with Gasteiger partial charge in [-0.05, 0) is 12.8 Å². The first-order chi connectivity index (χ1) is 7.52. The Morgan fingerprint density at radius 1 is 1.44 bits per heavy atom. The van der Waals surface area contributed by atoms with Crippen molar-refractivity contribution in [2.75, 3.05) is 7.11 Å². The third-order valence-corrected chi connectivity index (χ3v) is 2.11. The van der Waals surface area contributed by atoms with Crippen LogP contribution in [-0.4, -0.2) is 42.3 Å². The van der Waals surface area contributed by atoms with Crippen LogP contribution in [0.15, 0.2) is 0 Å². The summed E-state index contributed by atoms with van der Waals surface area (Å²) in [5.41, 5.74) is 0. The molecule has 7 nitrogen and oxygen atoms in total. The molecule has 0 aliphatic heterocycles. The third kappa shape index (κ3) is 4.16. The van der Waals surface area contributed by atoms with E-state index in [4.69, 9.17) is 5.11 Å². The second kappa shape index (κ2) is 5.34. The van der Waals surface area contributed by atoms with E-state index in [1.54, 1.807) is 0 Å². The van der Waals surface area contributed by atoms with E-state index in [1.165, 1.54) is 0 Å². The Labute approximate surface area is 92.1 Å². The number of hydrogen-bond acceptors (Lipinski definition) is 4. The van der Waals surface area contributed by atoms with Gasteiger partial charge in [-0.15, -0.1) is 0 Å². The number of rotatable bonds is 5. The van der Waals surface area contributed by atoms with Crippen LogP contribution in [0.3, 0.4) is 0 Å². The molecule has 3 N–H and O–H groups in total. The average molecular weight is 230 g/mol. The maximum Gasteiger partial charge on any atom is 0.326 e. The normalized spacial score (nSPS) is 16.1. The fraction of sp³-hybridized carbons (Fsp3) is 0.667. The second-order valence-electron chi connectivity index (χ2n) is 3.56. The minimum absolute atomic E-state index is 0.132. The molecular formula is C9H14N2O5. The molecule has 0 saturated heterocycles. The summed E-state index contributed by atoms with van der Waals surface area (Å²) in [6, 6.07) is -1.70. The molecule has 0 unspecified atom stereocenters. The van der Waals surface area contributed by atoms with E-state index in [9.17, 15) is 14.4 Å². The van der Waals surface area contributed by atoms with Crippen molar-refractivity contribution in [3.63, 3.8) is 0 Å². The largest absolute Gasteiger partial charge is 0.480 e. The molecule has 1 aliphatic carbocycles. The van der Waals surface area contributed by atoms with Crippen LogP contribution < -0.4 is 10.6 Å². The average Bonchev–Trinajstić information content (AvgIpc) is 3.00. The van der Waals surface area contributed by atoms with E-state index >= 15 is 0 Å². The van der Waals surface area contributed by atoms with Gasteiger partial charge in [0.1, 0.15) is 6.04 Å². The molecule has 0 heterocycles. The van der Waals surface area contributed by atoms with Crippen LogP contribution in [0.25, 0.3) is 0 Å². The van der Waals surface area contributed by atoms with Gasteiger partial charge in [-0.3, -0.25) is 4.79 Å². The van der Waals surface area contributed by atoms with Crippen molar-refractivity contribution in [2.24, 2.45) is 0 Å². The molecule has 90 valence electrons. The number of carboxylic acids is 1. The molecule has 2 amide bonds. The molecule has 1 fully saturated rings. The van der Waals surface area contributed by atoms with Crippen molar-refractivity contribution >= 4 is 18.0 Å². The second-order valence-corrected chi connectivity index (χ2v) is 3.56. The van der Waals surface area contributed by atoms with Crippen molar-refractivity contribution in [3.8, 4) is 0 Å². The first kappa shape index (κ1) is 12.3. The minimum Gasteiger partial charge on any atom is -0.480 e. The van der Waals surface area contributed by atoms with Crippen LogP contribution >= 0.6 is 0 Å². The molecule has 1 rings (SSSR count). The van der Waals surface area contributed by atoms with E-state index in [1.807, 2.05) is 0 Å². The lowest BCUT2D eigenvalue weighted by molar-refractivity contribution is -0.147. The quantitative estimate of drug-likeness (QED) is 0.550. The Kier molecular flexibility index (Phi) is 4.10. The standard InChI is InChI=1S/C9H14N2O5/c1-16-7(12)4-6(8(13)14)11-9(15)10-5-2-3-5/h5-6H,2-4H2,1H3,(H,13,14)(H2,10,11,15)/t6-/m0/s1. The highest BCUT2D eigenvalue weighted by atomic mass is 16.5. The number of esters is 1. The lowest BCUT2D eigenvalue weighted by Crippen LogP contribution is -2.47. The number of carbonyl (C=O) groups excluding carboxylic acids is 2. The molecule has 1 atom stereocenters. The topological polar surface area (TPSA) is 105 Å². The zero-order valence-electron chi connectivity index (χ0n) is 8.86. The van der Waals surface area contributed by atoms with Crippen LogP contribution in [0.2, 0.25) is 0 Å². The van der Waals surface area contributed by atoms with Crippen molar-refractivity contribution < 1.29 is 24.2 Å².